The van der Waals surface area contributed by atoms with Gasteiger partial charge in [0.2, 0.25) is 0 Å². The Morgan fingerprint density at radius 1 is 0.917 bits per heavy atom. The van der Waals surface area contributed by atoms with E-state index in [-0.39, 0.29) is 0 Å². The van der Waals surface area contributed by atoms with Crippen molar-refractivity contribution in [2.45, 2.75) is 26.9 Å². The van der Waals surface area contributed by atoms with Gasteiger partial charge < -0.3 is 18.6 Å². The lowest BCUT2D eigenvalue weighted by Crippen LogP contribution is -2.41. The lowest BCUT2D eigenvalue weighted by molar-refractivity contribution is -0.468. The highest BCUT2D eigenvalue weighted by Crippen LogP contribution is 2.15. The topological polar surface area (TPSA) is 36.9 Å². The molecule has 0 saturated carbocycles. The fourth-order valence-corrected chi connectivity index (χ4v) is 0.920. The lowest BCUT2D eigenvalue weighted by Gasteiger charge is -2.29. The number of hydrogen-bond acceptors (Lipinski definition) is 4. The first-order valence-corrected chi connectivity index (χ1v) is 4.42. The monoisotopic (exact) mass is 191 g/mol. The standard InChI is InChI=1S/C7H15O4Si/c1-4-8-7(11-12,9-5-2)10-6-3/h4-6H2,1-3H3. The molecule has 12 heavy (non-hydrogen) atoms. The summed E-state index contributed by atoms with van der Waals surface area (Å²) in [4.78, 5) is 0. The molecule has 0 heterocycles. The summed E-state index contributed by atoms with van der Waals surface area (Å²) in [5.41, 5.74) is 0. The summed E-state index contributed by atoms with van der Waals surface area (Å²) in [7, 11) is 2.85. The Kier molecular flexibility index (Phi) is 6.59. The maximum absolute atomic E-state index is 5.14. The largest absolute Gasteiger partial charge is 0.402 e. The van der Waals surface area contributed by atoms with Gasteiger partial charge in [0.15, 0.2) is 0 Å². The normalized spacial score (nSPS) is 12.0. The van der Waals surface area contributed by atoms with E-state index in [0.717, 1.165) is 0 Å². The Labute approximate surface area is 76.7 Å². The van der Waals surface area contributed by atoms with Gasteiger partial charge in [0, 0.05) is 0 Å². The predicted octanol–water partition coefficient (Wildman–Crippen LogP) is 0.807. The fourth-order valence-electron chi connectivity index (χ4n) is 0.744. The second kappa shape index (κ2) is 6.56. The van der Waals surface area contributed by atoms with Crippen LogP contribution in [0.5, 0.6) is 0 Å². The molecule has 0 atom stereocenters. The summed E-state index contributed by atoms with van der Waals surface area (Å²) in [5, 5.41) is 0. The molecule has 4 nitrogen and oxygen atoms in total. The molecule has 0 amide bonds. The van der Waals surface area contributed by atoms with Crippen molar-refractivity contribution in [3.8, 4) is 0 Å². The van der Waals surface area contributed by atoms with Crippen LogP contribution in [0.25, 0.3) is 0 Å². The summed E-state index contributed by atoms with van der Waals surface area (Å²) < 4.78 is 20.2. The quantitative estimate of drug-likeness (QED) is 0.441. The zero-order valence-electron chi connectivity index (χ0n) is 7.75. The minimum absolute atomic E-state index is 0.449. The zero-order chi connectivity index (χ0) is 9.45. The van der Waals surface area contributed by atoms with Crippen LogP contribution in [0.1, 0.15) is 20.8 Å². The third-order valence-corrected chi connectivity index (χ3v) is 1.34. The van der Waals surface area contributed by atoms with E-state index in [9.17, 15) is 0 Å². The van der Waals surface area contributed by atoms with Gasteiger partial charge in [0.25, 0.3) is 10.5 Å². The molecular formula is C7H15O4Si. The summed E-state index contributed by atoms with van der Waals surface area (Å²) in [5.74, 6) is 0. The van der Waals surface area contributed by atoms with Gasteiger partial charge in [-0.25, -0.2) is 0 Å². The Balaban J connectivity index is 4.06. The smallest absolute Gasteiger partial charge is 0.347 e. The molecule has 0 N–H and O–H groups in total. The highest BCUT2D eigenvalue weighted by molar-refractivity contribution is 5.98. The van der Waals surface area contributed by atoms with Crippen molar-refractivity contribution in [2.75, 3.05) is 19.8 Å². The maximum Gasteiger partial charge on any atom is 0.402 e. The van der Waals surface area contributed by atoms with Crippen LogP contribution in [0, 0.1) is 0 Å². The van der Waals surface area contributed by atoms with Gasteiger partial charge in [0.05, 0.1) is 19.8 Å². The van der Waals surface area contributed by atoms with E-state index >= 15 is 0 Å². The van der Waals surface area contributed by atoms with Crippen LogP contribution in [0.15, 0.2) is 0 Å². The van der Waals surface area contributed by atoms with Crippen molar-refractivity contribution in [1.82, 2.24) is 0 Å². The van der Waals surface area contributed by atoms with Gasteiger partial charge in [-0.05, 0) is 20.8 Å². The first kappa shape index (κ1) is 12.1. The molecule has 0 aromatic heterocycles. The Hall–Kier alpha value is 0.0569. The molecule has 0 spiro atoms. The van der Waals surface area contributed by atoms with E-state index in [1.54, 1.807) is 0 Å². The molecule has 0 aliphatic heterocycles. The summed E-state index contributed by atoms with van der Waals surface area (Å²) in [6, 6.07) is 0. The van der Waals surface area contributed by atoms with Crippen LogP contribution in [-0.4, -0.2) is 36.5 Å². The second-order valence-corrected chi connectivity index (χ2v) is 2.11. The molecule has 3 radical (unpaired) electrons. The zero-order valence-corrected chi connectivity index (χ0v) is 8.75. The van der Waals surface area contributed by atoms with Gasteiger partial charge in [0.1, 0.15) is 0 Å². The molecule has 0 aromatic carbocycles. The number of rotatable bonds is 7. The van der Waals surface area contributed by atoms with E-state index < -0.39 is 6.16 Å². The minimum atomic E-state index is -1.39. The third kappa shape index (κ3) is 3.64. The van der Waals surface area contributed by atoms with E-state index in [2.05, 4.69) is 10.5 Å². The molecule has 0 unspecified atom stereocenters. The molecule has 0 aliphatic carbocycles. The predicted molar refractivity (Wildman–Crippen MR) is 44.4 cm³/mol. The lowest BCUT2D eigenvalue weighted by atomic mass is 10.8. The molecule has 0 aliphatic rings. The molecule has 0 fully saturated rings. The van der Waals surface area contributed by atoms with Crippen LogP contribution in [-0.2, 0) is 18.6 Å². The van der Waals surface area contributed by atoms with Crippen molar-refractivity contribution in [2.24, 2.45) is 0 Å². The molecular weight excluding hydrogens is 176 g/mol. The van der Waals surface area contributed by atoms with E-state index in [1.165, 1.54) is 0 Å². The van der Waals surface area contributed by atoms with E-state index in [4.69, 9.17) is 18.6 Å². The highest BCUT2D eigenvalue weighted by atomic mass is 28.2. The summed E-state index contributed by atoms with van der Waals surface area (Å²) in [6.45, 7) is 6.84. The summed E-state index contributed by atoms with van der Waals surface area (Å²) in [6.07, 6.45) is -1.39. The molecule has 0 aromatic rings. The SMILES string of the molecule is CCOC(O[Si])(OCC)OCC. The van der Waals surface area contributed by atoms with Gasteiger partial charge in [-0.1, -0.05) is 0 Å². The van der Waals surface area contributed by atoms with Gasteiger partial charge >= 0.3 is 6.16 Å². The first-order valence-electron chi connectivity index (χ1n) is 4.01. The van der Waals surface area contributed by atoms with Gasteiger partial charge in [-0.3, -0.25) is 0 Å². The first-order chi connectivity index (χ1) is 5.74. The van der Waals surface area contributed by atoms with Crippen LogP contribution in [0.4, 0.5) is 0 Å². The summed E-state index contributed by atoms with van der Waals surface area (Å²) >= 11 is 0. The average molecular weight is 191 g/mol. The Morgan fingerprint density at radius 3 is 1.42 bits per heavy atom. The van der Waals surface area contributed by atoms with Crippen molar-refractivity contribution in [3.05, 3.63) is 0 Å². The van der Waals surface area contributed by atoms with Crippen molar-refractivity contribution in [1.29, 1.82) is 0 Å². The van der Waals surface area contributed by atoms with Gasteiger partial charge in [-0.15, -0.1) is 0 Å². The maximum atomic E-state index is 5.14. The number of ether oxygens (including phenoxy) is 3. The van der Waals surface area contributed by atoms with Crippen LogP contribution in [0.3, 0.4) is 0 Å². The highest BCUT2D eigenvalue weighted by Gasteiger charge is 2.32. The van der Waals surface area contributed by atoms with Crippen molar-refractivity contribution in [3.63, 3.8) is 0 Å². The average Bonchev–Trinajstić information content (AvgIpc) is 2.06. The molecule has 0 saturated heterocycles. The van der Waals surface area contributed by atoms with Crippen LogP contribution in [0.2, 0.25) is 0 Å². The molecule has 71 valence electrons. The van der Waals surface area contributed by atoms with Crippen molar-refractivity contribution >= 4 is 10.5 Å². The van der Waals surface area contributed by atoms with E-state index in [1.807, 2.05) is 20.8 Å². The van der Waals surface area contributed by atoms with Crippen molar-refractivity contribution < 1.29 is 18.6 Å². The van der Waals surface area contributed by atoms with Crippen LogP contribution >= 0.6 is 0 Å². The molecule has 0 rings (SSSR count). The fraction of sp³-hybridized carbons (Fsp3) is 1.00. The third-order valence-electron chi connectivity index (χ3n) is 1.09. The Bertz CT molecular complexity index is 92.6. The second-order valence-electron chi connectivity index (χ2n) is 1.90. The van der Waals surface area contributed by atoms with Gasteiger partial charge in [-0.2, -0.15) is 0 Å². The molecule has 0 bridgehead atoms. The van der Waals surface area contributed by atoms with E-state index in [0.29, 0.717) is 19.8 Å². The number of hydrogen-bond donors (Lipinski definition) is 0. The minimum Gasteiger partial charge on any atom is -0.347 e. The molecule has 5 heteroatoms. The Morgan fingerprint density at radius 2 is 1.25 bits per heavy atom. The van der Waals surface area contributed by atoms with Crippen LogP contribution < -0.4 is 0 Å².